The lowest BCUT2D eigenvalue weighted by atomic mass is 10.1. The fourth-order valence-corrected chi connectivity index (χ4v) is 2.63. The van der Waals surface area contributed by atoms with E-state index in [1.54, 1.807) is 30.3 Å². The average molecular weight is 419 g/mol. The van der Waals surface area contributed by atoms with Crippen LogP contribution in [0, 0.1) is 13.8 Å². The van der Waals surface area contributed by atoms with Crippen molar-refractivity contribution >= 4 is 35.1 Å². The smallest absolute Gasteiger partial charge is 0.344 e. The second kappa shape index (κ2) is 10.5. The molecule has 0 heterocycles. The van der Waals surface area contributed by atoms with Crippen molar-refractivity contribution < 1.29 is 23.9 Å². The topological polar surface area (TPSA) is 84.9 Å². The fraction of sp³-hybridized carbons (Fsp3) is 0.286. The first-order valence-electron chi connectivity index (χ1n) is 8.90. The van der Waals surface area contributed by atoms with Gasteiger partial charge in [0.1, 0.15) is 5.75 Å². The zero-order valence-corrected chi connectivity index (χ0v) is 17.3. The number of hydrogen-bond donors (Lipinski definition) is 1. The van der Waals surface area contributed by atoms with E-state index in [2.05, 4.69) is 5.32 Å². The first-order valence-corrected chi connectivity index (χ1v) is 9.28. The molecule has 0 spiro atoms. The van der Waals surface area contributed by atoms with E-state index in [1.807, 2.05) is 26.0 Å². The first-order chi connectivity index (χ1) is 13.8. The van der Waals surface area contributed by atoms with E-state index in [0.29, 0.717) is 16.5 Å². The molecule has 0 bridgehead atoms. The van der Waals surface area contributed by atoms with Crippen LogP contribution in [0.25, 0.3) is 0 Å². The number of aryl methyl sites for hydroxylation is 2. The van der Waals surface area contributed by atoms with Crippen LogP contribution in [0.1, 0.15) is 11.1 Å². The fourth-order valence-electron chi connectivity index (χ4n) is 2.45. The number of ether oxygens (including phenoxy) is 2. The first kappa shape index (κ1) is 22.2. The molecular weight excluding hydrogens is 396 g/mol. The van der Waals surface area contributed by atoms with E-state index in [9.17, 15) is 14.4 Å². The van der Waals surface area contributed by atoms with Gasteiger partial charge in [0.15, 0.2) is 13.2 Å². The number of rotatable bonds is 8. The summed E-state index contributed by atoms with van der Waals surface area (Å²) in [4.78, 5) is 37.1. The van der Waals surface area contributed by atoms with Gasteiger partial charge in [0, 0.05) is 7.05 Å². The number of benzene rings is 2. The molecule has 0 saturated carbocycles. The van der Waals surface area contributed by atoms with Crippen molar-refractivity contribution in [3.05, 3.63) is 58.6 Å². The van der Waals surface area contributed by atoms with Crippen LogP contribution in [0.5, 0.6) is 5.75 Å². The molecule has 0 atom stereocenters. The molecule has 0 aliphatic rings. The molecule has 29 heavy (non-hydrogen) atoms. The highest BCUT2D eigenvalue weighted by molar-refractivity contribution is 6.33. The van der Waals surface area contributed by atoms with Crippen LogP contribution in [0.15, 0.2) is 42.5 Å². The number of halogens is 1. The van der Waals surface area contributed by atoms with Gasteiger partial charge < -0.3 is 19.7 Å². The standard InChI is InChI=1S/C21H23ClN2O5/c1-14-8-9-18(15(2)10-14)28-13-21(27)29-12-20(26)24(3)11-19(25)23-17-7-5-4-6-16(17)22/h4-10H,11-13H2,1-3H3,(H,23,25). The second-order valence-electron chi connectivity index (χ2n) is 6.50. The van der Waals surface area contributed by atoms with Crippen molar-refractivity contribution in [2.75, 3.05) is 32.1 Å². The monoisotopic (exact) mass is 418 g/mol. The summed E-state index contributed by atoms with van der Waals surface area (Å²) in [5, 5.41) is 3.01. The van der Waals surface area contributed by atoms with Gasteiger partial charge >= 0.3 is 5.97 Å². The van der Waals surface area contributed by atoms with Crippen LogP contribution in [0.4, 0.5) is 5.69 Å². The zero-order chi connectivity index (χ0) is 21.4. The van der Waals surface area contributed by atoms with Crippen LogP contribution in [-0.4, -0.2) is 49.5 Å². The summed E-state index contributed by atoms with van der Waals surface area (Å²) in [6.45, 7) is 2.83. The maximum Gasteiger partial charge on any atom is 0.344 e. The summed E-state index contributed by atoms with van der Waals surface area (Å²) in [5.74, 6) is -1.03. The van der Waals surface area contributed by atoms with Crippen molar-refractivity contribution in [2.45, 2.75) is 13.8 Å². The molecule has 0 aliphatic carbocycles. The molecule has 2 aromatic carbocycles. The molecule has 7 nitrogen and oxygen atoms in total. The molecule has 2 rings (SSSR count). The molecule has 2 amide bonds. The average Bonchev–Trinajstić information content (AvgIpc) is 2.67. The van der Waals surface area contributed by atoms with Crippen molar-refractivity contribution in [1.29, 1.82) is 0 Å². The molecule has 0 radical (unpaired) electrons. The Morgan fingerprint density at radius 3 is 2.48 bits per heavy atom. The minimum atomic E-state index is -0.674. The quantitative estimate of drug-likeness (QED) is 0.666. The van der Waals surface area contributed by atoms with Crippen molar-refractivity contribution in [1.82, 2.24) is 4.90 Å². The number of hydrogen-bond acceptors (Lipinski definition) is 5. The number of carbonyl (C=O) groups is 3. The Morgan fingerprint density at radius 1 is 1.07 bits per heavy atom. The molecule has 0 aliphatic heterocycles. The van der Waals surface area contributed by atoms with Gasteiger partial charge in [-0.3, -0.25) is 9.59 Å². The highest BCUT2D eigenvalue weighted by Crippen LogP contribution is 2.20. The number of amides is 2. The molecule has 154 valence electrons. The minimum absolute atomic E-state index is 0.208. The maximum atomic E-state index is 12.1. The van der Waals surface area contributed by atoms with E-state index < -0.39 is 24.4 Å². The third-order valence-corrected chi connectivity index (χ3v) is 4.32. The predicted octanol–water partition coefficient (Wildman–Crippen LogP) is 2.98. The summed E-state index contributed by atoms with van der Waals surface area (Å²) in [5.41, 5.74) is 2.44. The number of nitrogens with zero attached hydrogens (tertiary/aromatic N) is 1. The SMILES string of the molecule is Cc1ccc(OCC(=O)OCC(=O)N(C)CC(=O)Nc2ccccc2Cl)c(C)c1. The normalized spacial score (nSPS) is 10.2. The molecular formula is C21H23ClN2O5. The number of nitrogens with one attached hydrogen (secondary N) is 1. The van der Waals surface area contributed by atoms with E-state index in [-0.39, 0.29) is 13.2 Å². The van der Waals surface area contributed by atoms with Crippen molar-refractivity contribution in [2.24, 2.45) is 0 Å². The molecule has 0 unspecified atom stereocenters. The van der Waals surface area contributed by atoms with Gasteiger partial charge in [0.05, 0.1) is 17.3 Å². The number of likely N-dealkylation sites (N-methyl/N-ethyl adjacent to an activating group) is 1. The van der Waals surface area contributed by atoms with Crippen LogP contribution in [-0.2, 0) is 19.1 Å². The lowest BCUT2D eigenvalue weighted by Crippen LogP contribution is -2.37. The summed E-state index contributed by atoms with van der Waals surface area (Å²) < 4.78 is 10.3. The van der Waals surface area contributed by atoms with Crippen LogP contribution < -0.4 is 10.1 Å². The van der Waals surface area contributed by atoms with Gasteiger partial charge in [-0.2, -0.15) is 0 Å². The lowest BCUT2D eigenvalue weighted by Gasteiger charge is -2.17. The van der Waals surface area contributed by atoms with Gasteiger partial charge in [-0.05, 0) is 37.6 Å². The third kappa shape index (κ3) is 7.12. The maximum absolute atomic E-state index is 12.1. The molecule has 0 aromatic heterocycles. The lowest BCUT2D eigenvalue weighted by molar-refractivity contribution is -0.153. The Morgan fingerprint density at radius 2 is 1.79 bits per heavy atom. The Labute approximate surface area is 174 Å². The largest absolute Gasteiger partial charge is 0.482 e. The van der Waals surface area contributed by atoms with Gasteiger partial charge in [0.25, 0.3) is 5.91 Å². The Bertz CT molecular complexity index is 900. The molecule has 8 heteroatoms. The van der Waals surface area contributed by atoms with Gasteiger partial charge in [0.2, 0.25) is 5.91 Å². The number of para-hydroxylation sites is 1. The van der Waals surface area contributed by atoms with Crippen LogP contribution in [0.2, 0.25) is 5.02 Å². The summed E-state index contributed by atoms with van der Waals surface area (Å²) in [6, 6.07) is 12.4. The van der Waals surface area contributed by atoms with Crippen LogP contribution >= 0.6 is 11.6 Å². The molecule has 2 aromatic rings. The molecule has 0 saturated heterocycles. The van der Waals surface area contributed by atoms with Gasteiger partial charge in [-0.25, -0.2) is 4.79 Å². The van der Waals surface area contributed by atoms with Gasteiger partial charge in [-0.15, -0.1) is 0 Å². The van der Waals surface area contributed by atoms with Crippen molar-refractivity contribution in [3.8, 4) is 5.75 Å². The van der Waals surface area contributed by atoms with Crippen LogP contribution in [0.3, 0.4) is 0 Å². The van der Waals surface area contributed by atoms with E-state index in [1.165, 1.54) is 7.05 Å². The Balaban J connectivity index is 1.73. The van der Waals surface area contributed by atoms with E-state index >= 15 is 0 Å². The second-order valence-corrected chi connectivity index (χ2v) is 6.90. The Hall–Kier alpha value is -3.06. The minimum Gasteiger partial charge on any atom is -0.482 e. The number of carbonyl (C=O) groups excluding carboxylic acids is 3. The Kier molecular flexibility index (Phi) is 8.03. The van der Waals surface area contributed by atoms with E-state index in [0.717, 1.165) is 16.0 Å². The predicted molar refractivity (Wildman–Crippen MR) is 110 cm³/mol. The van der Waals surface area contributed by atoms with Gasteiger partial charge in [-0.1, -0.05) is 41.4 Å². The number of anilines is 1. The summed E-state index contributed by atoms with van der Waals surface area (Å²) >= 11 is 5.98. The highest BCUT2D eigenvalue weighted by Gasteiger charge is 2.16. The third-order valence-electron chi connectivity index (χ3n) is 3.99. The van der Waals surface area contributed by atoms with E-state index in [4.69, 9.17) is 21.1 Å². The highest BCUT2D eigenvalue weighted by atomic mass is 35.5. The van der Waals surface area contributed by atoms with Crippen molar-refractivity contribution in [3.63, 3.8) is 0 Å². The zero-order valence-electron chi connectivity index (χ0n) is 16.5. The molecule has 0 fully saturated rings. The molecule has 1 N–H and O–H groups in total. The summed E-state index contributed by atoms with van der Waals surface area (Å²) in [6.07, 6.45) is 0. The summed E-state index contributed by atoms with van der Waals surface area (Å²) in [7, 11) is 1.44. The number of esters is 1.